The molecule has 146 heavy (non-hydrogen) atoms. The summed E-state index contributed by atoms with van der Waals surface area (Å²) in [7, 11) is 3.35. The maximum atomic E-state index is 13.1. The van der Waals surface area contributed by atoms with Crippen molar-refractivity contribution in [2.45, 2.75) is 103 Å². The van der Waals surface area contributed by atoms with Gasteiger partial charge < -0.3 is 59.7 Å². The number of Topliss-reactive ketones (excluding diaryl/α,β-unsaturated/α-hetero) is 5. The highest BCUT2D eigenvalue weighted by atomic mass is 16.4. The SMILES string of the molecule is CC(C)n1cc(C(=O)NC(Cc2ccccc2)C(=O)C(N)=O)c(-c2ccccc2)n1.CCn1cc(C(=O)NC(Cc2ccccc2)C(=O)C(N)=O)c(-c2ccccc2)n1.Cc1cc(C(=O)NC(Cc2ccccc2)C(=O)C(N)=O)n(-c2nc3ccccc3o2)n1.Cn1cc(-c2ccccc2)c(C(=O)NC(Cc2ccccc2)C(=O)C(N)=O)n1.Cn1ncc(-c2ccccc2)c1C(=O)NC(Cc1ccccc1)C(=O)C(N)=O. The van der Waals surface area contributed by atoms with Gasteiger partial charge in [0.15, 0.2) is 11.3 Å². The van der Waals surface area contributed by atoms with Gasteiger partial charge >= 0.3 is 6.01 Å². The van der Waals surface area contributed by atoms with Crippen molar-refractivity contribution in [1.82, 2.24) is 80.5 Å². The van der Waals surface area contributed by atoms with E-state index >= 15 is 0 Å². The maximum absolute atomic E-state index is 13.1. The molecule has 0 bridgehead atoms. The first kappa shape index (κ1) is 106. The Balaban J connectivity index is 0.000000162. The summed E-state index contributed by atoms with van der Waals surface area (Å²) in [6, 6.07) is 86.2. The molecule has 0 saturated carbocycles. The Morgan fingerprint density at radius 3 is 1.05 bits per heavy atom. The molecule has 16 rings (SSSR count). The zero-order chi connectivity index (χ0) is 105. The van der Waals surface area contributed by atoms with Crippen molar-refractivity contribution in [3.63, 3.8) is 0 Å². The lowest BCUT2D eigenvalue weighted by molar-refractivity contribution is -0.137. The number of nitrogens with zero attached hydrogens (tertiary/aromatic N) is 11. The van der Waals surface area contributed by atoms with Crippen LogP contribution in [0.15, 0.2) is 333 Å². The van der Waals surface area contributed by atoms with Crippen LogP contribution >= 0.6 is 0 Å². The summed E-state index contributed by atoms with van der Waals surface area (Å²) >= 11 is 0. The van der Waals surface area contributed by atoms with Crippen LogP contribution in [0.3, 0.4) is 0 Å². The molecule has 6 aromatic heterocycles. The molecule has 37 heteroatoms. The van der Waals surface area contributed by atoms with Crippen LogP contribution in [-0.2, 0) is 101 Å². The minimum atomic E-state index is -1.13. The van der Waals surface area contributed by atoms with Crippen LogP contribution < -0.4 is 55.3 Å². The Kier molecular flexibility index (Phi) is 36.6. The number of aromatic nitrogens is 11. The quantitative estimate of drug-likeness (QED) is 0.0162. The van der Waals surface area contributed by atoms with Crippen LogP contribution in [0.1, 0.15) is 113 Å². The largest absolute Gasteiger partial charge is 0.422 e. The van der Waals surface area contributed by atoms with Gasteiger partial charge in [-0.3, -0.25) is 90.6 Å². The molecule has 16 aromatic rings. The lowest BCUT2D eigenvalue weighted by Crippen LogP contribution is -2.47. The summed E-state index contributed by atoms with van der Waals surface area (Å²) in [6.45, 7) is 8.13. The van der Waals surface area contributed by atoms with E-state index in [4.69, 9.17) is 33.1 Å². The van der Waals surface area contributed by atoms with Gasteiger partial charge in [-0.2, -0.15) is 35.2 Å². The molecule has 0 aliphatic rings. The minimum absolute atomic E-state index is 0.0429. The van der Waals surface area contributed by atoms with E-state index in [0.29, 0.717) is 62.7 Å². The number of aryl methyl sites for hydroxylation is 4. The first-order valence-electron chi connectivity index (χ1n) is 46.0. The van der Waals surface area contributed by atoms with Crippen LogP contribution in [-0.4, -0.2) is 172 Å². The number of hydrogen-bond donors (Lipinski definition) is 10. The normalized spacial score (nSPS) is 11.7. The number of nitrogens with one attached hydrogen (secondary N) is 5. The summed E-state index contributed by atoms with van der Waals surface area (Å²) in [6.07, 6.45) is 7.35. The third-order valence-corrected chi connectivity index (χ3v) is 22.6. The number of carbonyl (C=O) groups is 15. The van der Waals surface area contributed by atoms with E-state index in [0.717, 1.165) is 50.1 Å². The molecule has 10 amide bonds. The van der Waals surface area contributed by atoms with Crippen molar-refractivity contribution in [3.05, 3.63) is 390 Å². The second-order valence-corrected chi connectivity index (χ2v) is 33.5. The molecule has 6 heterocycles. The van der Waals surface area contributed by atoms with Gasteiger partial charge in [-0.1, -0.05) is 285 Å². The van der Waals surface area contributed by atoms with Crippen LogP contribution in [0.2, 0.25) is 0 Å². The average Bonchev–Trinajstić information content (AvgIpc) is 1.64. The van der Waals surface area contributed by atoms with E-state index in [9.17, 15) is 71.9 Å². The number of fused-ring (bicyclic) bond motifs is 1. The molecule has 5 unspecified atom stereocenters. The minimum Gasteiger partial charge on any atom is -0.422 e. The van der Waals surface area contributed by atoms with E-state index in [1.54, 1.807) is 97.6 Å². The number of carbonyl (C=O) groups excluding carboxylic acids is 15. The van der Waals surface area contributed by atoms with Crippen LogP contribution in [0.4, 0.5) is 0 Å². The lowest BCUT2D eigenvalue weighted by Gasteiger charge is -2.17. The molecule has 5 atom stereocenters. The molecule has 742 valence electrons. The van der Waals surface area contributed by atoms with Crippen molar-refractivity contribution in [2.75, 3.05) is 0 Å². The van der Waals surface area contributed by atoms with E-state index in [1.807, 2.05) is 282 Å². The van der Waals surface area contributed by atoms with Gasteiger partial charge in [-0.25, -0.2) is 0 Å². The standard InChI is InChI=1S/C23H24N4O3.C22H19N5O4.C22H22N4O3.2C21H20N4O3/c1-15(2)27-14-18(20(26-27)17-11-7-4-8-12-17)23(30)25-19(21(28)22(24)29)13-16-9-5-3-6-10-16;1-13-11-17(27(26-13)22-25-15-9-5-6-10-18(15)31-22)21(30)24-16(19(28)20(23)29)12-14-7-3-2-4-8-14;1-2-26-14-17(19(25-26)16-11-7-4-8-12-16)22(29)24-18(20(27)21(23)28)13-15-9-5-3-6-10-15;1-25-13-16(15-10-6-3-7-11-15)18(24-25)21(28)23-17(19(26)20(22)27)12-14-8-4-2-5-9-14;1-25-18(16(13-23-25)15-10-6-3-7-11-15)21(28)24-17(19(26)20(22)27)12-14-8-4-2-5-9-14/h3-12,14-15,19H,13H2,1-2H3,(H2,24,29)(H,25,30);2-11,16H,12H2,1H3,(H2,23,29)(H,24,30);3-12,14,18H,2,13H2,1H3,(H2,23,28)(H,24,29);2-11,13,17H,12H2,1H3,(H2,22,27)(H,23,28);2-11,13,17H,12H2,1H3,(H2,22,27)(H,24,28). The summed E-state index contributed by atoms with van der Waals surface area (Å²) in [4.78, 5) is 188. The molecular formula is C109H105N21O16. The molecule has 37 nitrogen and oxygen atoms in total. The average molecular weight is 1970 g/mol. The molecule has 0 aliphatic heterocycles. The van der Waals surface area contributed by atoms with E-state index in [1.165, 1.54) is 14.0 Å². The summed E-state index contributed by atoms with van der Waals surface area (Å²) in [5.74, 6) is -12.4. The van der Waals surface area contributed by atoms with E-state index in [-0.39, 0.29) is 55.5 Å². The Labute approximate surface area is 837 Å². The molecule has 0 aliphatic carbocycles. The molecular weight excluding hydrogens is 1860 g/mol. The van der Waals surface area contributed by atoms with Crippen molar-refractivity contribution < 1.29 is 76.3 Å². The molecule has 15 N–H and O–H groups in total. The Hall–Kier alpha value is -19.2. The first-order chi connectivity index (χ1) is 70.2. The van der Waals surface area contributed by atoms with Crippen LogP contribution in [0.25, 0.3) is 61.9 Å². The van der Waals surface area contributed by atoms with Gasteiger partial charge in [0.2, 0.25) is 28.9 Å². The number of amides is 10. The summed E-state index contributed by atoms with van der Waals surface area (Å²) in [5.41, 5.74) is 38.3. The first-order valence-corrected chi connectivity index (χ1v) is 46.0. The van der Waals surface area contributed by atoms with Crippen LogP contribution in [0.5, 0.6) is 0 Å². The van der Waals surface area contributed by atoms with Crippen molar-refractivity contribution >= 4 is 99.1 Å². The van der Waals surface area contributed by atoms with Gasteiger partial charge in [0.1, 0.15) is 58.5 Å². The zero-order valence-corrected chi connectivity index (χ0v) is 80.2. The Bertz CT molecular complexity index is 7270. The number of ketones is 5. The fourth-order valence-electron chi connectivity index (χ4n) is 15.3. The molecule has 0 spiro atoms. The lowest BCUT2D eigenvalue weighted by atomic mass is 10.0. The third kappa shape index (κ3) is 28.5. The Morgan fingerprint density at radius 2 is 0.685 bits per heavy atom. The highest BCUT2D eigenvalue weighted by Gasteiger charge is 2.35. The number of primary amides is 5. The van der Waals surface area contributed by atoms with Gasteiger partial charge in [0, 0.05) is 99.6 Å². The monoisotopic (exact) mass is 1960 g/mol. The van der Waals surface area contributed by atoms with Gasteiger partial charge in [-0.05, 0) is 84.8 Å². The van der Waals surface area contributed by atoms with Gasteiger partial charge in [0.05, 0.1) is 23.0 Å². The third-order valence-electron chi connectivity index (χ3n) is 22.6. The molecule has 0 radical (unpaired) electrons. The summed E-state index contributed by atoms with van der Waals surface area (Å²) in [5, 5.41) is 34.9. The predicted octanol–water partition coefficient (Wildman–Crippen LogP) is 9.17. The highest BCUT2D eigenvalue weighted by Crippen LogP contribution is 2.29. The number of para-hydroxylation sites is 2. The maximum Gasteiger partial charge on any atom is 0.324 e. The highest BCUT2D eigenvalue weighted by molar-refractivity contribution is 6.40. The Morgan fingerprint density at radius 1 is 0.356 bits per heavy atom. The molecule has 0 saturated heterocycles. The second kappa shape index (κ2) is 50.6. The summed E-state index contributed by atoms with van der Waals surface area (Å²) < 4.78 is 13.3. The van der Waals surface area contributed by atoms with Crippen molar-refractivity contribution in [2.24, 2.45) is 42.8 Å². The number of benzene rings is 10. The number of hydrogen-bond acceptors (Lipinski definition) is 22. The van der Waals surface area contributed by atoms with E-state index < -0.39 is 118 Å². The fourth-order valence-corrected chi connectivity index (χ4v) is 15.3. The van der Waals surface area contributed by atoms with E-state index in [2.05, 4.69) is 57.1 Å². The van der Waals surface area contributed by atoms with Crippen LogP contribution in [0, 0.1) is 6.92 Å². The predicted molar refractivity (Wildman–Crippen MR) is 543 cm³/mol. The van der Waals surface area contributed by atoms with Gasteiger partial charge in [-0.15, -0.1) is 0 Å². The van der Waals surface area contributed by atoms with Crippen molar-refractivity contribution in [1.29, 1.82) is 0 Å². The van der Waals surface area contributed by atoms with Gasteiger partial charge in [0.25, 0.3) is 59.1 Å². The number of oxazole rings is 1. The number of rotatable bonds is 37. The molecule has 10 aromatic carbocycles. The zero-order valence-electron chi connectivity index (χ0n) is 80.2. The topological polar surface area (TPSA) is 561 Å². The second-order valence-electron chi connectivity index (χ2n) is 33.5. The number of nitrogens with two attached hydrogens (primary N) is 5. The smallest absolute Gasteiger partial charge is 0.324 e. The fraction of sp³-hybridized carbons (Fsp3) is 0.165. The molecule has 0 fully saturated rings. The van der Waals surface area contributed by atoms with Crippen molar-refractivity contribution in [3.8, 4) is 50.8 Å².